The summed E-state index contributed by atoms with van der Waals surface area (Å²) in [7, 11) is 0. The molecule has 0 spiro atoms. The van der Waals surface area contributed by atoms with E-state index in [4.69, 9.17) is 11.6 Å². The molecule has 0 amide bonds. The van der Waals surface area contributed by atoms with Crippen LogP contribution in [0, 0.1) is 6.92 Å². The van der Waals surface area contributed by atoms with Crippen LogP contribution in [0.15, 0.2) is 30.7 Å². The van der Waals surface area contributed by atoms with Crippen molar-refractivity contribution in [3.05, 3.63) is 47.0 Å². The van der Waals surface area contributed by atoms with Crippen LogP contribution in [0.2, 0.25) is 5.02 Å². The normalized spacial score (nSPS) is 10.7. The van der Waals surface area contributed by atoms with Crippen molar-refractivity contribution in [2.45, 2.75) is 20.0 Å². The van der Waals surface area contributed by atoms with Crippen LogP contribution in [0.1, 0.15) is 11.3 Å². The van der Waals surface area contributed by atoms with Crippen LogP contribution in [0.3, 0.4) is 0 Å². The molecule has 4 nitrogen and oxygen atoms in total. The number of aromatic nitrogens is 3. The summed E-state index contributed by atoms with van der Waals surface area (Å²) in [5.41, 5.74) is 2.06. The van der Waals surface area contributed by atoms with Crippen LogP contribution in [0.4, 0.5) is 0 Å². The average molecular weight is 251 g/mol. The van der Waals surface area contributed by atoms with Crippen molar-refractivity contribution in [2.24, 2.45) is 0 Å². The van der Waals surface area contributed by atoms with E-state index < -0.39 is 0 Å². The molecule has 1 N–H and O–H groups in total. The number of pyridine rings is 1. The molecule has 0 saturated carbocycles. The standard InChI is InChI=1S/C12H15ClN4/c1-10-12(13)9-17(16-10)6-5-15-8-11-3-2-4-14-7-11/h2-4,7,9,15H,5-6,8H2,1H3. The fourth-order valence-corrected chi connectivity index (χ4v) is 1.69. The average Bonchev–Trinajstić information content (AvgIpc) is 2.66. The van der Waals surface area contributed by atoms with Gasteiger partial charge in [-0.25, -0.2) is 0 Å². The minimum absolute atomic E-state index is 0.720. The Hall–Kier alpha value is -1.39. The number of nitrogens with one attached hydrogen (secondary N) is 1. The van der Waals surface area contributed by atoms with Gasteiger partial charge < -0.3 is 5.32 Å². The first-order valence-corrected chi connectivity index (χ1v) is 5.92. The molecule has 2 aromatic rings. The maximum absolute atomic E-state index is 5.93. The lowest BCUT2D eigenvalue weighted by Crippen LogP contribution is -2.19. The van der Waals surface area contributed by atoms with Crippen LogP contribution in [0.5, 0.6) is 0 Å². The highest BCUT2D eigenvalue weighted by atomic mass is 35.5. The number of hydrogen-bond donors (Lipinski definition) is 1. The molecular formula is C12H15ClN4. The van der Waals surface area contributed by atoms with E-state index >= 15 is 0 Å². The molecular weight excluding hydrogens is 236 g/mol. The predicted molar refractivity (Wildman–Crippen MR) is 67.9 cm³/mol. The van der Waals surface area contributed by atoms with Gasteiger partial charge in [0.2, 0.25) is 0 Å². The van der Waals surface area contributed by atoms with Crippen molar-refractivity contribution in [3.8, 4) is 0 Å². The van der Waals surface area contributed by atoms with Gasteiger partial charge in [0.15, 0.2) is 0 Å². The van der Waals surface area contributed by atoms with E-state index in [1.807, 2.05) is 30.1 Å². The van der Waals surface area contributed by atoms with Crippen LogP contribution in [0.25, 0.3) is 0 Å². The van der Waals surface area contributed by atoms with Gasteiger partial charge >= 0.3 is 0 Å². The van der Waals surface area contributed by atoms with Gasteiger partial charge in [0.05, 0.1) is 17.3 Å². The molecule has 2 rings (SSSR count). The van der Waals surface area contributed by atoms with Crippen LogP contribution >= 0.6 is 11.6 Å². The summed E-state index contributed by atoms with van der Waals surface area (Å²) in [6, 6.07) is 3.99. The van der Waals surface area contributed by atoms with Gasteiger partial charge in [0.1, 0.15) is 0 Å². The van der Waals surface area contributed by atoms with Crippen LogP contribution in [-0.2, 0) is 13.1 Å². The first-order valence-electron chi connectivity index (χ1n) is 5.55. The molecule has 2 aromatic heterocycles. The van der Waals surface area contributed by atoms with Crippen LogP contribution in [-0.4, -0.2) is 21.3 Å². The van der Waals surface area contributed by atoms with Gasteiger partial charge in [-0.3, -0.25) is 9.67 Å². The second-order valence-corrected chi connectivity index (χ2v) is 4.27. The molecule has 2 heterocycles. The molecule has 5 heteroatoms. The number of nitrogens with zero attached hydrogens (tertiary/aromatic N) is 3. The summed E-state index contributed by atoms with van der Waals surface area (Å²) in [6.07, 6.45) is 5.49. The van der Waals surface area contributed by atoms with Gasteiger partial charge in [-0.1, -0.05) is 17.7 Å². The van der Waals surface area contributed by atoms with Crippen molar-refractivity contribution in [1.29, 1.82) is 0 Å². The zero-order chi connectivity index (χ0) is 12.1. The zero-order valence-corrected chi connectivity index (χ0v) is 10.5. The Morgan fingerprint density at radius 3 is 3.00 bits per heavy atom. The molecule has 0 radical (unpaired) electrons. The summed E-state index contributed by atoms with van der Waals surface area (Å²) < 4.78 is 1.86. The Morgan fingerprint density at radius 1 is 1.47 bits per heavy atom. The first-order chi connectivity index (χ1) is 8.25. The quantitative estimate of drug-likeness (QED) is 0.826. The lowest BCUT2D eigenvalue weighted by atomic mass is 10.3. The van der Waals surface area contributed by atoms with Gasteiger partial charge in [0.25, 0.3) is 0 Å². The maximum Gasteiger partial charge on any atom is 0.0814 e. The van der Waals surface area contributed by atoms with Gasteiger partial charge in [0, 0.05) is 31.7 Å². The van der Waals surface area contributed by atoms with E-state index in [0.29, 0.717) is 0 Å². The highest BCUT2D eigenvalue weighted by Crippen LogP contribution is 2.11. The third-order valence-corrected chi connectivity index (χ3v) is 2.83. The van der Waals surface area contributed by atoms with E-state index in [9.17, 15) is 0 Å². The summed E-state index contributed by atoms with van der Waals surface area (Å²) in [4.78, 5) is 4.06. The van der Waals surface area contributed by atoms with Crippen LogP contribution < -0.4 is 5.32 Å². The van der Waals surface area contributed by atoms with Gasteiger partial charge in [-0.15, -0.1) is 0 Å². The summed E-state index contributed by atoms with van der Waals surface area (Å²) in [6.45, 7) is 4.39. The topological polar surface area (TPSA) is 42.7 Å². The van der Waals surface area contributed by atoms with Crippen molar-refractivity contribution in [1.82, 2.24) is 20.1 Å². The second kappa shape index (κ2) is 5.80. The second-order valence-electron chi connectivity index (χ2n) is 3.86. The third-order valence-electron chi connectivity index (χ3n) is 2.46. The van der Waals surface area contributed by atoms with Crippen molar-refractivity contribution < 1.29 is 0 Å². The fraction of sp³-hybridized carbons (Fsp3) is 0.333. The molecule has 0 atom stereocenters. The Morgan fingerprint density at radius 2 is 2.35 bits per heavy atom. The molecule has 0 fully saturated rings. The molecule has 0 bridgehead atoms. The molecule has 0 aliphatic rings. The molecule has 17 heavy (non-hydrogen) atoms. The Labute approximate surface area is 106 Å². The van der Waals surface area contributed by atoms with E-state index in [1.165, 1.54) is 5.56 Å². The smallest absolute Gasteiger partial charge is 0.0814 e. The molecule has 0 unspecified atom stereocenters. The van der Waals surface area contributed by atoms with E-state index in [-0.39, 0.29) is 0 Å². The van der Waals surface area contributed by atoms with Gasteiger partial charge in [-0.05, 0) is 18.6 Å². The monoisotopic (exact) mass is 250 g/mol. The summed E-state index contributed by atoms with van der Waals surface area (Å²) in [5, 5.41) is 8.34. The molecule has 0 aliphatic heterocycles. The lowest BCUT2D eigenvalue weighted by Gasteiger charge is -2.04. The Balaban J connectivity index is 1.73. The maximum atomic E-state index is 5.93. The molecule has 0 saturated heterocycles. The van der Waals surface area contributed by atoms with E-state index in [0.717, 1.165) is 30.4 Å². The number of halogens is 1. The summed E-state index contributed by atoms with van der Waals surface area (Å²) in [5.74, 6) is 0. The number of hydrogen-bond acceptors (Lipinski definition) is 3. The molecule has 90 valence electrons. The predicted octanol–water partition coefficient (Wildman–Crippen LogP) is 2.03. The van der Waals surface area contributed by atoms with E-state index in [1.54, 1.807) is 6.20 Å². The Bertz CT molecular complexity index is 447. The fourth-order valence-electron chi connectivity index (χ4n) is 1.54. The lowest BCUT2D eigenvalue weighted by molar-refractivity contribution is 0.552. The largest absolute Gasteiger partial charge is 0.311 e. The highest BCUT2D eigenvalue weighted by Gasteiger charge is 2.00. The van der Waals surface area contributed by atoms with Crippen molar-refractivity contribution in [2.75, 3.05) is 6.54 Å². The minimum atomic E-state index is 0.720. The van der Waals surface area contributed by atoms with E-state index in [2.05, 4.69) is 21.5 Å². The third kappa shape index (κ3) is 3.54. The number of aryl methyl sites for hydroxylation is 1. The minimum Gasteiger partial charge on any atom is -0.311 e. The summed E-state index contributed by atoms with van der Waals surface area (Å²) >= 11 is 5.93. The first kappa shape index (κ1) is 12.1. The molecule has 0 aromatic carbocycles. The van der Waals surface area contributed by atoms with Crippen molar-refractivity contribution >= 4 is 11.6 Å². The van der Waals surface area contributed by atoms with Gasteiger partial charge in [-0.2, -0.15) is 5.10 Å². The SMILES string of the molecule is Cc1nn(CCNCc2cccnc2)cc1Cl. The Kier molecular flexibility index (Phi) is 4.12. The van der Waals surface area contributed by atoms with Crippen molar-refractivity contribution in [3.63, 3.8) is 0 Å². The highest BCUT2D eigenvalue weighted by molar-refractivity contribution is 6.31. The number of rotatable bonds is 5. The zero-order valence-electron chi connectivity index (χ0n) is 9.73. The molecule has 0 aliphatic carbocycles.